The van der Waals surface area contributed by atoms with Crippen LogP contribution in [0.4, 0.5) is 0 Å². The van der Waals surface area contributed by atoms with E-state index in [1.165, 1.54) is 0 Å². The van der Waals surface area contributed by atoms with Gasteiger partial charge in [-0.3, -0.25) is 4.90 Å². The fourth-order valence-electron chi connectivity index (χ4n) is 3.30. The molecule has 0 bridgehead atoms. The smallest absolute Gasteiger partial charge is 0.191 e. The molecule has 1 aliphatic heterocycles. The molecule has 1 atom stereocenters. The van der Waals surface area contributed by atoms with Gasteiger partial charge in [-0.1, -0.05) is 17.8 Å². The molecule has 1 fully saturated rings. The zero-order chi connectivity index (χ0) is 17.6. The molecule has 0 saturated carbocycles. The molecule has 1 saturated heterocycles. The molecule has 2 aromatic rings. The Kier molecular flexibility index (Phi) is 6.34. The lowest BCUT2D eigenvalue weighted by molar-refractivity contribution is 0.153. The lowest BCUT2D eigenvalue weighted by Crippen LogP contribution is -2.34. The number of rotatable bonds is 8. The minimum Gasteiger partial charge on any atom is -0.462 e. The number of likely N-dealkylation sites (tertiary alicyclic amines) is 1. The van der Waals surface area contributed by atoms with Crippen molar-refractivity contribution in [1.29, 1.82) is 0 Å². The lowest BCUT2D eigenvalue weighted by Gasteiger charge is -2.31. The number of piperidine rings is 1. The maximum Gasteiger partial charge on any atom is 0.191 e. The monoisotopic (exact) mass is 362 g/mol. The standard InChI is InChI=1S/C18H26N4O2S/c1-4-10-25-18-20-19-17(21(18)2)14-6-5-9-22(11-14)12-15-7-8-16(24-15)13-23-3/h4,7-8,14H,1,5-6,9-13H2,2-3H3/t14-/m1/s1. The van der Waals surface area contributed by atoms with Gasteiger partial charge in [0.25, 0.3) is 0 Å². The van der Waals surface area contributed by atoms with Crippen LogP contribution in [0, 0.1) is 0 Å². The van der Waals surface area contributed by atoms with E-state index in [9.17, 15) is 0 Å². The maximum absolute atomic E-state index is 5.83. The Morgan fingerprint density at radius 2 is 2.24 bits per heavy atom. The molecule has 0 N–H and O–H groups in total. The summed E-state index contributed by atoms with van der Waals surface area (Å²) in [5.74, 6) is 4.22. The van der Waals surface area contributed by atoms with Gasteiger partial charge in [-0.25, -0.2) is 0 Å². The second-order valence-corrected chi connectivity index (χ2v) is 7.36. The van der Waals surface area contributed by atoms with Crippen molar-refractivity contribution < 1.29 is 9.15 Å². The second kappa shape index (κ2) is 8.69. The van der Waals surface area contributed by atoms with Crippen LogP contribution in [0.5, 0.6) is 0 Å². The van der Waals surface area contributed by atoms with E-state index >= 15 is 0 Å². The summed E-state index contributed by atoms with van der Waals surface area (Å²) in [7, 11) is 3.74. The summed E-state index contributed by atoms with van der Waals surface area (Å²) >= 11 is 1.67. The molecule has 0 amide bonds. The van der Waals surface area contributed by atoms with Gasteiger partial charge in [0, 0.05) is 32.4 Å². The highest BCUT2D eigenvalue weighted by Gasteiger charge is 2.26. The third-order valence-corrected chi connectivity index (χ3v) is 5.47. The van der Waals surface area contributed by atoms with E-state index in [0.717, 1.165) is 60.7 Å². The van der Waals surface area contributed by atoms with Crippen LogP contribution in [-0.2, 0) is 24.9 Å². The van der Waals surface area contributed by atoms with E-state index in [4.69, 9.17) is 9.15 Å². The number of hydrogen-bond donors (Lipinski definition) is 0. The lowest BCUT2D eigenvalue weighted by atomic mass is 9.97. The zero-order valence-corrected chi connectivity index (χ0v) is 15.8. The zero-order valence-electron chi connectivity index (χ0n) is 15.0. The van der Waals surface area contributed by atoms with Crippen LogP contribution in [-0.4, -0.2) is 45.6 Å². The number of thioether (sulfide) groups is 1. The van der Waals surface area contributed by atoms with Crippen molar-refractivity contribution in [3.05, 3.63) is 42.1 Å². The molecule has 0 aromatic carbocycles. The van der Waals surface area contributed by atoms with Crippen molar-refractivity contribution in [2.45, 2.75) is 37.1 Å². The molecular weight excluding hydrogens is 336 g/mol. The van der Waals surface area contributed by atoms with Crippen molar-refractivity contribution in [1.82, 2.24) is 19.7 Å². The number of hydrogen-bond acceptors (Lipinski definition) is 6. The van der Waals surface area contributed by atoms with E-state index in [1.54, 1.807) is 18.9 Å². The number of ether oxygens (including phenoxy) is 1. The molecule has 0 spiro atoms. The second-order valence-electron chi connectivity index (χ2n) is 6.37. The largest absolute Gasteiger partial charge is 0.462 e. The van der Waals surface area contributed by atoms with Gasteiger partial charge in [0.1, 0.15) is 24.0 Å². The van der Waals surface area contributed by atoms with Gasteiger partial charge >= 0.3 is 0 Å². The number of methoxy groups -OCH3 is 1. The van der Waals surface area contributed by atoms with Gasteiger partial charge in [-0.2, -0.15) is 0 Å². The van der Waals surface area contributed by atoms with Crippen molar-refractivity contribution in [3.63, 3.8) is 0 Å². The van der Waals surface area contributed by atoms with E-state index in [1.807, 2.05) is 18.2 Å². The first-order chi connectivity index (χ1) is 12.2. The van der Waals surface area contributed by atoms with Crippen molar-refractivity contribution in [3.8, 4) is 0 Å². The van der Waals surface area contributed by atoms with Gasteiger partial charge in [0.05, 0.1) is 6.54 Å². The molecule has 6 nitrogen and oxygen atoms in total. The van der Waals surface area contributed by atoms with Crippen LogP contribution in [0.3, 0.4) is 0 Å². The van der Waals surface area contributed by atoms with Crippen LogP contribution in [0.15, 0.2) is 34.4 Å². The normalized spacial score (nSPS) is 18.6. The Bertz CT molecular complexity index is 697. The molecule has 136 valence electrons. The Morgan fingerprint density at radius 1 is 1.40 bits per heavy atom. The summed E-state index contributed by atoms with van der Waals surface area (Å²) in [6.07, 6.45) is 4.21. The Balaban J connectivity index is 1.62. The number of aromatic nitrogens is 3. The number of furan rings is 1. The van der Waals surface area contributed by atoms with Crippen molar-refractivity contribution >= 4 is 11.8 Å². The highest BCUT2D eigenvalue weighted by Crippen LogP contribution is 2.28. The molecule has 0 aliphatic carbocycles. The topological polar surface area (TPSA) is 56.3 Å². The average molecular weight is 362 g/mol. The van der Waals surface area contributed by atoms with E-state index in [0.29, 0.717) is 12.5 Å². The molecule has 2 aromatic heterocycles. The first-order valence-corrected chi connectivity index (χ1v) is 9.61. The van der Waals surface area contributed by atoms with E-state index in [-0.39, 0.29) is 0 Å². The highest BCUT2D eigenvalue weighted by atomic mass is 32.2. The maximum atomic E-state index is 5.83. The highest BCUT2D eigenvalue weighted by molar-refractivity contribution is 7.99. The molecule has 1 aliphatic rings. The summed E-state index contributed by atoms with van der Waals surface area (Å²) < 4.78 is 13.1. The molecule has 3 heterocycles. The molecule has 3 rings (SSSR count). The van der Waals surface area contributed by atoms with Gasteiger partial charge < -0.3 is 13.7 Å². The molecular formula is C18H26N4O2S. The summed E-state index contributed by atoms with van der Waals surface area (Å²) in [6, 6.07) is 4.04. The van der Waals surface area contributed by atoms with Crippen molar-refractivity contribution in [2.75, 3.05) is 26.0 Å². The van der Waals surface area contributed by atoms with Crippen LogP contribution in [0.2, 0.25) is 0 Å². The van der Waals surface area contributed by atoms with E-state index < -0.39 is 0 Å². The minimum atomic E-state index is 0.415. The predicted octanol–water partition coefficient (Wildman–Crippen LogP) is 3.21. The van der Waals surface area contributed by atoms with Gasteiger partial charge in [0.2, 0.25) is 0 Å². The summed E-state index contributed by atoms with van der Waals surface area (Å²) in [4.78, 5) is 2.44. The Morgan fingerprint density at radius 3 is 3.04 bits per heavy atom. The van der Waals surface area contributed by atoms with Crippen LogP contribution in [0.1, 0.15) is 36.1 Å². The SMILES string of the molecule is C=CCSc1nnc([C@@H]2CCCN(Cc3ccc(COC)o3)C2)n1C. The average Bonchev–Trinajstić information content (AvgIpc) is 3.20. The quantitative estimate of drug-likeness (QED) is 0.531. The van der Waals surface area contributed by atoms with E-state index in [2.05, 4.69) is 33.3 Å². The third kappa shape index (κ3) is 4.54. The third-order valence-electron chi connectivity index (χ3n) is 4.45. The Hall–Kier alpha value is -1.57. The summed E-state index contributed by atoms with van der Waals surface area (Å²) in [5.41, 5.74) is 0. The van der Waals surface area contributed by atoms with Gasteiger partial charge in [-0.05, 0) is 31.5 Å². The first-order valence-electron chi connectivity index (χ1n) is 8.63. The summed E-state index contributed by atoms with van der Waals surface area (Å²) in [6.45, 7) is 7.19. The molecule has 0 unspecified atom stereocenters. The van der Waals surface area contributed by atoms with Gasteiger partial charge in [0.15, 0.2) is 5.16 Å². The van der Waals surface area contributed by atoms with Crippen LogP contribution < -0.4 is 0 Å². The first kappa shape index (κ1) is 18.2. The van der Waals surface area contributed by atoms with Crippen LogP contribution >= 0.6 is 11.8 Å². The van der Waals surface area contributed by atoms with Crippen LogP contribution in [0.25, 0.3) is 0 Å². The molecule has 0 radical (unpaired) electrons. The summed E-state index contributed by atoms with van der Waals surface area (Å²) in [5, 5.41) is 9.75. The van der Waals surface area contributed by atoms with Gasteiger partial charge in [-0.15, -0.1) is 16.8 Å². The van der Waals surface area contributed by atoms with Crippen molar-refractivity contribution in [2.24, 2.45) is 7.05 Å². The number of nitrogens with zero attached hydrogens (tertiary/aromatic N) is 4. The molecule has 7 heteroatoms. The predicted molar refractivity (Wildman–Crippen MR) is 98.6 cm³/mol. The minimum absolute atomic E-state index is 0.415. The fourth-order valence-corrected chi connectivity index (χ4v) is 3.95. The Labute approximate surface area is 153 Å². The fraction of sp³-hybridized carbons (Fsp3) is 0.556. The molecule has 25 heavy (non-hydrogen) atoms.